The maximum atomic E-state index is 11.5. The van der Waals surface area contributed by atoms with E-state index >= 15 is 0 Å². The monoisotopic (exact) mass is 268 g/mol. The quantitative estimate of drug-likeness (QED) is 0.429. The van der Waals surface area contributed by atoms with Gasteiger partial charge in [0.15, 0.2) is 0 Å². The Balaban J connectivity index is 4.11. The summed E-state index contributed by atoms with van der Waals surface area (Å²) in [6.45, 7) is 1.48. The second kappa shape index (κ2) is 11.5. The molecule has 0 aliphatic heterocycles. The van der Waals surface area contributed by atoms with Gasteiger partial charge in [-0.25, -0.2) is 0 Å². The lowest BCUT2D eigenvalue weighted by Gasteiger charge is -2.14. The van der Waals surface area contributed by atoms with Crippen LogP contribution in [-0.2, 0) is 9.59 Å². The average molecular weight is 268 g/mol. The van der Waals surface area contributed by atoms with Crippen LogP contribution in [0.3, 0.4) is 0 Å². The van der Waals surface area contributed by atoms with Gasteiger partial charge in [0.2, 0.25) is 11.8 Å². The Morgan fingerprint density at radius 1 is 1.16 bits per heavy atom. The largest absolute Gasteiger partial charge is 0.387 e. The topological polar surface area (TPSA) is 78.4 Å². The Hall–Kier alpha value is -1.62. The molecule has 0 unspecified atom stereocenters. The average Bonchev–Trinajstić information content (AvgIpc) is 2.43. The zero-order valence-electron chi connectivity index (χ0n) is 11.7. The molecule has 0 spiro atoms. The van der Waals surface area contributed by atoms with Crippen molar-refractivity contribution in [2.24, 2.45) is 0 Å². The summed E-state index contributed by atoms with van der Waals surface area (Å²) in [4.78, 5) is 22.6. The van der Waals surface area contributed by atoms with Gasteiger partial charge in [0.1, 0.15) is 12.6 Å². The van der Waals surface area contributed by atoms with Gasteiger partial charge in [0, 0.05) is 7.05 Å². The van der Waals surface area contributed by atoms with E-state index in [1.54, 1.807) is 0 Å². The smallest absolute Gasteiger partial charge is 0.246 e. The Labute approximate surface area is 114 Å². The molecule has 0 aromatic rings. The van der Waals surface area contributed by atoms with Crippen LogP contribution < -0.4 is 10.6 Å². The maximum Gasteiger partial charge on any atom is 0.246 e. The van der Waals surface area contributed by atoms with Crippen molar-refractivity contribution >= 4 is 11.8 Å². The molecule has 3 N–H and O–H groups in total. The summed E-state index contributed by atoms with van der Waals surface area (Å²) >= 11 is 0. The molecular weight excluding hydrogens is 244 g/mol. The molecule has 0 saturated carbocycles. The van der Waals surface area contributed by atoms with Crippen LogP contribution in [0, 0.1) is 0 Å². The fourth-order valence-electron chi connectivity index (χ4n) is 1.47. The Kier molecular flexibility index (Phi) is 10.5. The molecule has 0 radical (unpaired) electrons. The fraction of sp³-hybridized carbons (Fsp3) is 0.571. The molecule has 0 fully saturated rings. The Morgan fingerprint density at radius 3 is 2.32 bits per heavy atom. The first-order valence-corrected chi connectivity index (χ1v) is 6.57. The third kappa shape index (κ3) is 9.02. The molecule has 2 amide bonds. The normalized spacial score (nSPS) is 12.8. The van der Waals surface area contributed by atoms with Crippen LogP contribution in [0.15, 0.2) is 24.3 Å². The molecule has 0 aromatic heterocycles. The molecule has 0 aliphatic rings. The summed E-state index contributed by atoms with van der Waals surface area (Å²) in [7, 11) is 1.51. The summed E-state index contributed by atoms with van der Waals surface area (Å²) in [6.07, 6.45) is 11.4. The number of unbranched alkanes of at least 4 members (excludes halogenated alkanes) is 1. The van der Waals surface area contributed by atoms with E-state index in [1.807, 2.05) is 12.2 Å². The third-order valence-corrected chi connectivity index (χ3v) is 2.48. The second-order valence-electron chi connectivity index (χ2n) is 4.06. The molecule has 0 heterocycles. The lowest BCUT2D eigenvalue weighted by atomic mass is 10.1. The number of hydrogen-bond acceptors (Lipinski definition) is 3. The minimum atomic E-state index is -0.632. The van der Waals surface area contributed by atoms with Crippen LogP contribution in [0.2, 0.25) is 0 Å². The number of aliphatic hydroxyl groups excluding tert-OH is 1. The zero-order valence-corrected chi connectivity index (χ0v) is 11.7. The van der Waals surface area contributed by atoms with Gasteiger partial charge in [0.05, 0.1) is 0 Å². The lowest BCUT2D eigenvalue weighted by molar-refractivity contribution is -0.130. The minimum absolute atomic E-state index is 0.266. The van der Waals surface area contributed by atoms with Crippen LogP contribution in [-0.4, -0.2) is 36.6 Å². The zero-order chi connectivity index (χ0) is 14.5. The predicted molar refractivity (Wildman–Crippen MR) is 75.5 cm³/mol. The Morgan fingerprint density at radius 2 is 1.79 bits per heavy atom. The molecule has 1 atom stereocenters. The number of nitrogens with one attached hydrogen (secondary N) is 2. The minimum Gasteiger partial charge on any atom is -0.387 e. The second-order valence-corrected chi connectivity index (χ2v) is 4.06. The number of rotatable bonds is 9. The van der Waals surface area contributed by atoms with Crippen molar-refractivity contribution in [3.63, 3.8) is 0 Å². The van der Waals surface area contributed by atoms with E-state index in [1.165, 1.54) is 7.05 Å². The Bertz CT molecular complexity index is 325. The highest BCUT2D eigenvalue weighted by Crippen LogP contribution is 1.99. The van der Waals surface area contributed by atoms with Crippen LogP contribution in [0.5, 0.6) is 0 Å². The van der Waals surface area contributed by atoms with Gasteiger partial charge < -0.3 is 15.7 Å². The molecule has 0 aromatic carbocycles. The van der Waals surface area contributed by atoms with E-state index in [2.05, 4.69) is 29.7 Å². The van der Waals surface area contributed by atoms with E-state index in [9.17, 15) is 9.59 Å². The third-order valence-electron chi connectivity index (χ3n) is 2.48. The van der Waals surface area contributed by atoms with E-state index in [4.69, 9.17) is 5.11 Å². The first-order valence-electron chi connectivity index (χ1n) is 6.57. The van der Waals surface area contributed by atoms with Crippen molar-refractivity contribution < 1.29 is 14.7 Å². The molecule has 0 rings (SSSR count). The first-order chi connectivity index (χ1) is 9.15. The van der Waals surface area contributed by atoms with E-state index in [-0.39, 0.29) is 5.91 Å². The maximum absolute atomic E-state index is 11.5. The first kappa shape index (κ1) is 17.4. The van der Waals surface area contributed by atoms with Crippen LogP contribution in [0.25, 0.3) is 0 Å². The molecule has 108 valence electrons. The van der Waals surface area contributed by atoms with Crippen molar-refractivity contribution in [1.82, 2.24) is 10.6 Å². The highest BCUT2D eigenvalue weighted by atomic mass is 16.3. The molecule has 0 saturated heterocycles. The lowest BCUT2D eigenvalue weighted by Crippen LogP contribution is -2.46. The van der Waals surface area contributed by atoms with Crippen molar-refractivity contribution in [2.45, 2.75) is 38.6 Å². The van der Waals surface area contributed by atoms with Gasteiger partial charge in [-0.1, -0.05) is 31.2 Å². The van der Waals surface area contributed by atoms with Gasteiger partial charge in [-0.05, 0) is 25.7 Å². The van der Waals surface area contributed by atoms with E-state index < -0.39 is 18.6 Å². The molecule has 5 nitrogen and oxygen atoms in total. The number of allylic oxidation sites excluding steroid dienone is 3. The van der Waals surface area contributed by atoms with Crippen molar-refractivity contribution in [2.75, 3.05) is 13.7 Å². The molecule has 0 bridgehead atoms. The van der Waals surface area contributed by atoms with Crippen LogP contribution >= 0.6 is 0 Å². The number of carbonyl (C=O) groups is 2. The van der Waals surface area contributed by atoms with Crippen molar-refractivity contribution in [1.29, 1.82) is 0 Å². The molecule has 0 aliphatic carbocycles. The van der Waals surface area contributed by atoms with Crippen molar-refractivity contribution in [3.8, 4) is 0 Å². The van der Waals surface area contributed by atoms with Gasteiger partial charge in [-0.3, -0.25) is 9.59 Å². The number of carbonyl (C=O) groups excluding carboxylic acids is 2. The van der Waals surface area contributed by atoms with Gasteiger partial charge in [-0.2, -0.15) is 0 Å². The van der Waals surface area contributed by atoms with Crippen molar-refractivity contribution in [3.05, 3.63) is 24.3 Å². The summed E-state index contributed by atoms with van der Waals surface area (Å²) in [5.41, 5.74) is 0. The number of aliphatic hydroxyl groups is 1. The fourth-order valence-corrected chi connectivity index (χ4v) is 1.47. The SMILES string of the molecule is CC/C=C/CC/C=C/C[C@H](NC(=O)CO)C(=O)NC. The summed E-state index contributed by atoms with van der Waals surface area (Å²) < 4.78 is 0. The van der Waals surface area contributed by atoms with Gasteiger partial charge in [0.25, 0.3) is 0 Å². The highest BCUT2D eigenvalue weighted by Gasteiger charge is 2.17. The van der Waals surface area contributed by atoms with Crippen LogP contribution in [0.4, 0.5) is 0 Å². The van der Waals surface area contributed by atoms with Gasteiger partial charge in [-0.15, -0.1) is 0 Å². The standard InChI is InChI=1S/C14H24N2O3/c1-3-4-5-6-7-8-9-10-12(14(19)15-2)16-13(18)11-17/h4-5,8-9,12,17H,3,6-7,10-11H2,1-2H3,(H,15,19)(H,16,18)/b5-4+,9-8+/t12-/m0/s1. The summed E-state index contributed by atoms with van der Waals surface area (Å²) in [5.74, 6) is -0.815. The molecule has 19 heavy (non-hydrogen) atoms. The number of amides is 2. The van der Waals surface area contributed by atoms with Gasteiger partial charge >= 0.3 is 0 Å². The van der Waals surface area contributed by atoms with E-state index in [0.29, 0.717) is 6.42 Å². The number of hydrogen-bond donors (Lipinski definition) is 3. The molecular formula is C14H24N2O3. The molecule has 5 heteroatoms. The number of likely N-dealkylation sites (N-methyl/N-ethyl adjacent to an activating group) is 1. The van der Waals surface area contributed by atoms with Crippen LogP contribution in [0.1, 0.15) is 32.6 Å². The highest BCUT2D eigenvalue weighted by molar-refractivity contribution is 5.87. The van der Waals surface area contributed by atoms with E-state index in [0.717, 1.165) is 19.3 Å². The predicted octanol–water partition coefficient (Wildman–Crippen LogP) is 0.902. The summed E-state index contributed by atoms with van der Waals surface area (Å²) in [5, 5.41) is 13.6. The summed E-state index contributed by atoms with van der Waals surface area (Å²) in [6, 6.07) is -0.632.